The summed E-state index contributed by atoms with van der Waals surface area (Å²) < 4.78 is 6.10. The number of aromatic amines is 2. The predicted octanol–water partition coefficient (Wildman–Crippen LogP) is 3.31. The van der Waals surface area contributed by atoms with Crippen molar-refractivity contribution < 1.29 is 9.53 Å². The molecule has 3 aromatic rings. The van der Waals surface area contributed by atoms with E-state index in [0.29, 0.717) is 16.7 Å². The first-order valence-electron chi connectivity index (χ1n) is 8.50. The first-order valence-corrected chi connectivity index (χ1v) is 9.29. The van der Waals surface area contributed by atoms with E-state index in [1.807, 2.05) is 25.1 Å². The Morgan fingerprint density at radius 2 is 1.85 bits per heavy atom. The van der Waals surface area contributed by atoms with Gasteiger partial charge in [0.25, 0.3) is 0 Å². The van der Waals surface area contributed by atoms with E-state index in [-0.39, 0.29) is 17.6 Å². The van der Waals surface area contributed by atoms with Gasteiger partial charge in [-0.3, -0.25) is 10.1 Å². The van der Waals surface area contributed by atoms with Crippen LogP contribution in [0.15, 0.2) is 45.7 Å². The summed E-state index contributed by atoms with van der Waals surface area (Å²) in [6.45, 7) is 3.80. The van der Waals surface area contributed by atoms with E-state index in [9.17, 15) is 9.59 Å². The van der Waals surface area contributed by atoms with Crippen LogP contribution in [0.3, 0.4) is 0 Å². The maximum Gasteiger partial charge on any atom is 0.323 e. The third kappa shape index (κ3) is 4.40. The first-order chi connectivity index (χ1) is 12.9. The Balaban J connectivity index is 1.65. The van der Waals surface area contributed by atoms with Crippen molar-refractivity contribution in [3.63, 3.8) is 0 Å². The van der Waals surface area contributed by atoms with E-state index >= 15 is 0 Å². The Morgan fingerprint density at radius 1 is 1.11 bits per heavy atom. The van der Waals surface area contributed by atoms with Gasteiger partial charge in [-0.25, -0.2) is 4.79 Å². The van der Waals surface area contributed by atoms with Crippen LogP contribution in [-0.4, -0.2) is 29.0 Å². The second-order valence-corrected chi connectivity index (χ2v) is 7.19. The summed E-state index contributed by atoms with van der Waals surface area (Å²) in [7, 11) is 1.62. The SMILES string of the molecule is COc1ccc(C(C)NC(C)C(=O)Nc2ccc3[nH]c(=O)[nH]c3c2)cc1Br. The number of ether oxygens (including phenoxy) is 1. The van der Waals surface area contributed by atoms with Gasteiger partial charge in [-0.1, -0.05) is 6.07 Å². The number of carbonyl (C=O) groups excluding carboxylic acids is 1. The van der Waals surface area contributed by atoms with E-state index in [0.717, 1.165) is 15.8 Å². The monoisotopic (exact) mass is 432 g/mol. The normalized spacial score (nSPS) is 13.3. The van der Waals surface area contributed by atoms with Gasteiger partial charge in [-0.05, 0) is 65.7 Å². The van der Waals surface area contributed by atoms with Gasteiger partial charge in [0.1, 0.15) is 5.75 Å². The highest BCUT2D eigenvalue weighted by atomic mass is 79.9. The van der Waals surface area contributed by atoms with Gasteiger partial charge in [-0.15, -0.1) is 0 Å². The largest absolute Gasteiger partial charge is 0.496 e. The standard InChI is InChI=1S/C19H21BrN4O3/c1-10(12-4-7-17(27-3)14(20)8-12)21-11(2)18(25)22-13-5-6-15-16(9-13)24-19(26)23-15/h4-11,21H,1-3H3,(H,22,25)(H2,23,24,26). The van der Waals surface area contributed by atoms with Crippen molar-refractivity contribution in [1.82, 2.24) is 15.3 Å². The minimum Gasteiger partial charge on any atom is -0.496 e. The number of hydrogen-bond donors (Lipinski definition) is 4. The molecule has 4 N–H and O–H groups in total. The van der Waals surface area contributed by atoms with Gasteiger partial charge in [0, 0.05) is 11.7 Å². The molecule has 2 aromatic carbocycles. The molecule has 0 saturated heterocycles. The van der Waals surface area contributed by atoms with E-state index in [4.69, 9.17) is 4.74 Å². The van der Waals surface area contributed by atoms with Crippen LogP contribution in [0.2, 0.25) is 0 Å². The summed E-state index contributed by atoms with van der Waals surface area (Å²) in [6.07, 6.45) is 0. The van der Waals surface area contributed by atoms with Crippen LogP contribution in [0.1, 0.15) is 25.5 Å². The number of H-pyrrole nitrogens is 2. The lowest BCUT2D eigenvalue weighted by atomic mass is 10.1. The lowest BCUT2D eigenvalue weighted by Gasteiger charge is -2.20. The number of imidazole rings is 1. The lowest BCUT2D eigenvalue weighted by molar-refractivity contribution is -0.117. The number of aromatic nitrogens is 2. The summed E-state index contributed by atoms with van der Waals surface area (Å²) in [5.74, 6) is 0.599. The number of rotatable bonds is 6. The van der Waals surface area contributed by atoms with Crippen LogP contribution in [0.25, 0.3) is 11.0 Å². The Morgan fingerprint density at radius 3 is 2.56 bits per heavy atom. The second-order valence-electron chi connectivity index (χ2n) is 6.33. The molecule has 1 aromatic heterocycles. The van der Waals surface area contributed by atoms with Crippen LogP contribution in [0.4, 0.5) is 5.69 Å². The highest BCUT2D eigenvalue weighted by Crippen LogP contribution is 2.28. The van der Waals surface area contributed by atoms with Gasteiger partial charge in [0.15, 0.2) is 0 Å². The molecule has 0 spiro atoms. The fraction of sp³-hybridized carbons (Fsp3) is 0.263. The molecule has 0 bridgehead atoms. The van der Waals surface area contributed by atoms with Crippen LogP contribution < -0.4 is 21.1 Å². The third-order valence-electron chi connectivity index (χ3n) is 4.35. The second kappa shape index (κ2) is 7.98. The molecule has 0 aliphatic rings. The van der Waals surface area contributed by atoms with Crippen molar-refractivity contribution in [3.05, 3.63) is 56.9 Å². The predicted molar refractivity (Wildman–Crippen MR) is 109 cm³/mol. The molecule has 0 aliphatic carbocycles. The fourth-order valence-corrected chi connectivity index (χ4v) is 3.42. The molecule has 0 aliphatic heterocycles. The van der Waals surface area contributed by atoms with Crippen LogP contribution in [0, 0.1) is 0 Å². The van der Waals surface area contributed by atoms with Crippen molar-refractivity contribution in [2.45, 2.75) is 25.9 Å². The van der Waals surface area contributed by atoms with Gasteiger partial charge >= 0.3 is 5.69 Å². The van der Waals surface area contributed by atoms with Gasteiger partial charge in [-0.2, -0.15) is 0 Å². The molecule has 3 rings (SSSR count). The molecule has 2 unspecified atom stereocenters. The van der Waals surface area contributed by atoms with Crippen molar-refractivity contribution in [3.8, 4) is 5.75 Å². The Kier molecular flexibility index (Phi) is 5.67. The van der Waals surface area contributed by atoms with E-state index in [1.165, 1.54) is 0 Å². The lowest BCUT2D eigenvalue weighted by Crippen LogP contribution is -2.39. The number of fused-ring (bicyclic) bond motifs is 1. The number of halogens is 1. The minimum absolute atomic E-state index is 0.0311. The van der Waals surface area contributed by atoms with Gasteiger partial charge < -0.3 is 20.0 Å². The maximum atomic E-state index is 12.5. The highest BCUT2D eigenvalue weighted by molar-refractivity contribution is 9.10. The van der Waals surface area contributed by atoms with Gasteiger partial charge in [0.2, 0.25) is 5.91 Å². The molecule has 1 heterocycles. The summed E-state index contributed by atoms with van der Waals surface area (Å²) in [6, 6.07) is 10.6. The average molecular weight is 433 g/mol. The minimum atomic E-state index is -0.415. The number of methoxy groups -OCH3 is 1. The van der Waals surface area contributed by atoms with Crippen molar-refractivity contribution in [2.75, 3.05) is 12.4 Å². The van der Waals surface area contributed by atoms with Crippen molar-refractivity contribution in [1.29, 1.82) is 0 Å². The molecular formula is C19H21BrN4O3. The number of benzene rings is 2. The Hall–Kier alpha value is -2.58. The summed E-state index contributed by atoms with van der Waals surface area (Å²) >= 11 is 3.48. The molecule has 27 heavy (non-hydrogen) atoms. The summed E-state index contributed by atoms with van der Waals surface area (Å²) in [5, 5.41) is 6.15. The molecule has 0 radical (unpaired) electrons. The van der Waals surface area contributed by atoms with E-state index in [1.54, 1.807) is 32.2 Å². The molecule has 2 atom stereocenters. The summed E-state index contributed by atoms with van der Waals surface area (Å²) in [5.41, 5.74) is 2.73. The quantitative estimate of drug-likeness (QED) is 0.480. The molecular weight excluding hydrogens is 412 g/mol. The number of amides is 1. The molecule has 0 saturated carbocycles. The third-order valence-corrected chi connectivity index (χ3v) is 4.97. The highest BCUT2D eigenvalue weighted by Gasteiger charge is 2.17. The van der Waals surface area contributed by atoms with Crippen molar-refractivity contribution in [2.24, 2.45) is 0 Å². The molecule has 142 valence electrons. The number of anilines is 1. The average Bonchev–Trinajstić information content (AvgIpc) is 3.00. The summed E-state index contributed by atoms with van der Waals surface area (Å²) in [4.78, 5) is 29.2. The number of hydrogen-bond acceptors (Lipinski definition) is 4. The zero-order chi connectivity index (χ0) is 19.6. The zero-order valence-electron chi connectivity index (χ0n) is 15.2. The number of carbonyl (C=O) groups is 1. The molecule has 0 fully saturated rings. The zero-order valence-corrected chi connectivity index (χ0v) is 16.8. The smallest absolute Gasteiger partial charge is 0.323 e. The number of nitrogens with one attached hydrogen (secondary N) is 4. The molecule has 8 heteroatoms. The Bertz CT molecular complexity index is 1030. The Labute approximate surface area is 164 Å². The van der Waals surface area contributed by atoms with Crippen molar-refractivity contribution >= 4 is 38.6 Å². The molecule has 7 nitrogen and oxygen atoms in total. The topological polar surface area (TPSA) is 99.0 Å². The van der Waals surface area contributed by atoms with Gasteiger partial charge in [0.05, 0.1) is 28.7 Å². The first kappa shape index (κ1) is 19.2. The molecule has 1 amide bonds. The van der Waals surface area contributed by atoms with Crippen LogP contribution in [0.5, 0.6) is 5.75 Å². The van der Waals surface area contributed by atoms with E-state index < -0.39 is 6.04 Å². The van der Waals surface area contributed by atoms with E-state index in [2.05, 4.69) is 36.5 Å². The van der Waals surface area contributed by atoms with Crippen LogP contribution in [-0.2, 0) is 4.79 Å². The van der Waals surface area contributed by atoms with Crippen LogP contribution >= 0.6 is 15.9 Å². The fourth-order valence-electron chi connectivity index (χ4n) is 2.86. The maximum absolute atomic E-state index is 12.5.